The van der Waals surface area contributed by atoms with E-state index in [2.05, 4.69) is 37.9 Å². The van der Waals surface area contributed by atoms with Gasteiger partial charge in [0.05, 0.1) is 0 Å². The van der Waals surface area contributed by atoms with Gasteiger partial charge in [-0.1, -0.05) is 13.8 Å². The van der Waals surface area contributed by atoms with Crippen molar-refractivity contribution < 1.29 is 0 Å². The molecule has 1 aliphatic rings. The van der Waals surface area contributed by atoms with Crippen molar-refractivity contribution in [3.05, 3.63) is 0 Å². The highest BCUT2D eigenvalue weighted by atomic mass is 15.1. The summed E-state index contributed by atoms with van der Waals surface area (Å²) in [5, 5.41) is 3.57. The minimum Gasteiger partial charge on any atom is -0.314 e. The highest BCUT2D eigenvalue weighted by Crippen LogP contribution is 2.30. The summed E-state index contributed by atoms with van der Waals surface area (Å²) in [6.45, 7) is 12.9. The molecule has 0 aromatic carbocycles. The van der Waals surface area contributed by atoms with Gasteiger partial charge in [0, 0.05) is 18.6 Å². The standard InChI is InChI=1S/C15H32N2/c1-5-15(16-6-2)8-7-11-17(13(3)4)12-14-9-10-14/h13-16H,5-12H2,1-4H3. The van der Waals surface area contributed by atoms with E-state index < -0.39 is 0 Å². The largest absolute Gasteiger partial charge is 0.314 e. The number of hydrogen-bond donors (Lipinski definition) is 1. The van der Waals surface area contributed by atoms with E-state index in [0.29, 0.717) is 0 Å². The molecule has 1 atom stereocenters. The second-order valence-corrected chi connectivity index (χ2v) is 5.84. The molecule has 17 heavy (non-hydrogen) atoms. The molecule has 0 aromatic rings. The predicted molar refractivity (Wildman–Crippen MR) is 76.4 cm³/mol. The van der Waals surface area contributed by atoms with Crippen LogP contribution in [0.15, 0.2) is 0 Å². The van der Waals surface area contributed by atoms with Gasteiger partial charge in [0.1, 0.15) is 0 Å². The molecule has 1 rings (SSSR count). The Labute approximate surface area is 108 Å². The van der Waals surface area contributed by atoms with E-state index in [-0.39, 0.29) is 0 Å². The average molecular weight is 240 g/mol. The van der Waals surface area contributed by atoms with Crippen LogP contribution in [0.5, 0.6) is 0 Å². The van der Waals surface area contributed by atoms with Crippen LogP contribution in [0.3, 0.4) is 0 Å². The van der Waals surface area contributed by atoms with Crippen molar-refractivity contribution in [3.63, 3.8) is 0 Å². The van der Waals surface area contributed by atoms with Gasteiger partial charge in [-0.05, 0) is 65.0 Å². The highest BCUT2D eigenvalue weighted by molar-refractivity contribution is 4.79. The molecule has 2 nitrogen and oxygen atoms in total. The van der Waals surface area contributed by atoms with Gasteiger partial charge in [0.25, 0.3) is 0 Å². The second-order valence-electron chi connectivity index (χ2n) is 5.84. The fraction of sp³-hybridized carbons (Fsp3) is 1.00. The minimum atomic E-state index is 0.717. The Morgan fingerprint density at radius 2 is 1.94 bits per heavy atom. The van der Waals surface area contributed by atoms with Crippen molar-refractivity contribution in [1.29, 1.82) is 0 Å². The van der Waals surface area contributed by atoms with Crippen molar-refractivity contribution >= 4 is 0 Å². The zero-order valence-corrected chi connectivity index (χ0v) is 12.3. The zero-order chi connectivity index (χ0) is 12.7. The average Bonchev–Trinajstić information content (AvgIpc) is 3.10. The summed E-state index contributed by atoms with van der Waals surface area (Å²) >= 11 is 0. The van der Waals surface area contributed by atoms with Crippen molar-refractivity contribution in [3.8, 4) is 0 Å². The molecule has 2 heteroatoms. The maximum atomic E-state index is 3.57. The minimum absolute atomic E-state index is 0.717. The van der Waals surface area contributed by atoms with Gasteiger partial charge < -0.3 is 10.2 Å². The lowest BCUT2D eigenvalue weighted by Gasteiger charge is -2.27. The third-order valence-electron chi connectivity index (χ3n) is 3.90. The first-order chi connectivity index (χ1) is 8.17. The molecule has 102 valence electrons. The summed E-state index contributed by atoms with van der Waals surface area (Å²) in [6, 6.07) is 1.45. The number of rotatable bonds is 10. The summed E-state index contributed by atoms with van der Waals surface area (Å²) in [4.78, 5) is 2.68. The molecule has 1 unspecified atom stereocenters. The quantitative estimate of drug-likeness (QED) is 0.630. The molecule has 0 saturated heterocycles. The summed E-state index contributed by atoms with van der Waals surface area (Å²) in [6.07, 6.45) is 6.88. The number of nitrogens with one attached hydrogen (secondary N) is 1. The molecular weight excluding hydrogens is 208 g/mol. The number of hydrogen-bond acceptors (Lipinski definition) is 2. The van der Waals surface area contributed by atoms with Gasteiger partial charge in [-0.25, -0.2) is 0 Å². The second kappa shape index (κ2) is 8.10. The first-order valence-electron chi connectivity index (χ1n) is 7.64. The van der Waals surface area contributed by atoms with Crippen molar-refractivity contribution in [2.24, 2.45) is 5.92 Å². The lowest BCUT2D eigenvalue weighted by molar-refractivity contribution is 0.205. The molecule has 0 bridgehead atoms. The summed E-state index contributed by atoms with van der Waals surface area (Å²) in [7, 11) is 0. The topological polar surface area (TPSA) is 15.3 Å². The van der Waals surface area contributed by atoms with Crippen LogP contribution in [0.25, 0.3) is 0 Å². The van der Waals surface area contributed by atoms with Crippen molar-refractivity contribution in [2.75, 3.05) is 19.6 Å². The van der Waals surface area contributed by atoms with Crippen molar-refractivity contribution in [2.45, 2.75) is 71.9 Å². The molecule has 0 heterocycles. The van der Waals surface area contributed by atoms with Gasteiger partial charge >= 0.3 is 0 Å². The van der Waals surface area contributed by atoms with Crippen molar-refractivity contribution in [1.82, 2.24) is 10.2 Å². The van der Waals surface area contributed by atoms with E-state index in [4.69, 9.17) is 0 Å². The van der Waals surface area contributed by atoms with Crippen LogP contribution in [-0.2, 0) is 0 Å². The molecule has 0 radical (unpaired) electrons. The van der Waals surface area contributed by atoms with Crippen LogP contribution in [0.2, 0.25) is 0 Å². The van der Waals surface area contributed by atoms with Crippen LogP contribution >= 0.6 is 0 Å². The van der Waals surface area contributed by atoms with E-state index >= 15 is 0 Å². The van der Waals surface area contributed by atoms with Crippen LogP contribution in [0, 0.1) is 5.92 Å². The molecule has 0 spiro atoms. The van der Waals surface area contributed by atoms with Crippen LogP contribution in [0.1, 0.15) is 59.8 Å². The summed E-state index contributed by atoms with van der Waals surface area (Å²) < 4.78 is 0. The number of nitrogens with zero attached hydrogens (tertiary/aromatic N) is 1. The zero-order valence-electron chi connectivity index (χ0n) is 12.3. The maximum Gasteiger partial charge on any atom is 0.00647 e. The molecule has 0 amide bonds. The Balaban J connectivity index is 2.16. The van der Waals surface area contributed by atoms with Crippen LogP contribution < -0.4 is 5.32 Å². The van der Waals surface area contributed by atoms with Gasteiger partial charge in [-0.15, -0.1) is 0 Å². The summed E-state index contributed by atoms with van der Waals surface area (Å²) in [5.41, 5.74) is 0. The van der Waals surface area contributed by atoms with Gasteiger partial charge in [-0.2, -0.15) is 0 Å². The third-order valence-corrected chi connectivity index (χ3v) is 3.90. The van der Waals surface area contributed by atoms with Gasteiger partial charge in [0.15, 0.2) is 0 Å². The fourth-order valence-electron chi connectivity index (χ4n) is 2.47. The van der Waals surface area contributed by atoms with E-state index in [1.807, 2.05) is 0 Å². The Morgan fingerprint density at radius 1 is 1.24 bits per heavy atom. The first kappa shape index (κ1) is 15.0. The van der Waals surface area contributed by atoms with Crippen LogP contribution in [0.4, 0.5) is 0 Å². The van der Waals surface area contributed by atoms with E-state index in [1.54, 1.807) is 0 Å². The Bertz CT molecular complexity index is 187. The molecule has 1 saturated carbocycles. The maximum absolute atomic E-state index is 3.57. The normalized spacial score (nSPS) is 18.0. The SMILES string of the molecule is CCNC(CC)CCCN(CC1CC1)C(C)C. The third kappa shape index (κ3) is 6.42. The van der Waals surface area contributed by atoms with E-state index in [1.165, 1.54) is 45.2 Å². The van der Waals surface area contributed by atoms with Gasteiger partial charge in [-0.3, -0.25) is 0 Å². The molecular formula is C15H32N2. The lowest BCUT2D eigenvalue weighted by atomic mass is 10.1. The van der Waals surface area contributed by atoms with E-state index in [0.717, 1.165) is 24.5 Å². The Hall–Kier alpha value is -0.0800. The molecule has 1 aliphatic carbocycles. The first-order valence-corrected chi connectivity index (χ1v) is 7.64. The molecule has 1 N–H and O–H groups in total. The fourth-order valence-corrected chi connectivity index (χ4v) is 2.47. The van der Waals surface area contributed by atoms with E-state index in [9.17, 15) is 0 Å². The Morgan fingerprint density at radius 3 is 2.41 bits per heavy atom. The van der Waals surface area contributed by atoms with Gasteiger partial charge in [0.2, 0.25) is 0 Å². The predicted octanol–water partition coefficient (Wildman–Crippen LogP) is 3.28. The molecule has 0 aromatic heterocycles. The highest BCUT2D eigenvalue weighted by Gasteiger charge is 2.25. The molecule has 1 fully saturated rings. The Kier molecular flexibility index (Phi) is 7.14. The van der Waals surface area contributed by atoms with Crippen LogP contribution in [-0.4, -0.2) is 36.6 Å². The molecule has 0 aliphatic heterocycles. The monoisotopic (exact) mass is 240 g/mol. The summed E-state index contributed by atoms with van der Waals surface area (Å²) in [5.74, 6) is 1.02. The lowest BCUT2D eigenvalue weighted by Crippen LogP contribution is -2.35. The smallest absolute Gasteiger partial charge is 0.00647 e.